The molecule has 1 heterocycles. The van der Waals surface area contributed by atoms with Crippen molar-refractivity contribution in [2.45, 2.75) is 37.7 Å². The second-order valence-corrected chi connectivity index (χ2v) is 11.5. The first kappa shape index (κ1) is 31.8. The number of amides is 1. The maximum Gasteiger partial charge on any atom is 0.270 e. The molecule has 0 fully saturated rings. The molecule has 4 rings (SSSR count). The van der Waals surface area contributed by atoms with Crippen LogP contribution in [0.1, 0.15) is 30.7 Å². The number of thioether (sulfide) groups is 1. The Morgan fingerprint density at radius 1 is 0.881 bits per heavy atom. The zero-order valence-electron chi connectivity index (χ0n) is 23.6. The first-order valence-electron chi connectivity index (χ1n) is 13.8. The van der Waals surface area contributed by atoms with Crippen LogP contribution >= 0.6 is 35.0 Å². The zero-order valence-corrected chi connectivity index (χ0v) is 25.9. The first-order valence-corrected chi connectivity index (χ1v) is 15.5. The van der Waals surface area contributed by atoms with Gasteiger partial charge in [-0.25, -0.2) is 9.37 Å². The van der Waals surface area contributed by atoms with Crippen molar-refractivity contribution < 1.29 is 9.18 Å². The summed E-state index contributed by atoms with van der Waals surface area (Å²) < 4.78 is 13.2. The summed E-state index contributed by atoms with van der Waals surface area (Å²) in [7, 11) is 0. The van der Waals surface area contributed by atoms with Crippen LogP contribution in [0.4, 0.5) is 4.39 Å². The average Bonchev–Trinajstić information content (AvgIpc) is 3.00. The lowest BCUT2D eigenvalue weighted by Crippen LogP contribution is -2.39. The maximum absolute atomic E-state index is 13.7. The van der Waals surface area contributed by atoms with E-state index in [-0.39, 0.29) is 28.9 Å². The number of nitrogens with one attached hydrogen (secondary N) is 1. The number of carbonyl (C=O) groups is 1. The van der Waals surface area contributed by atoms with Gasteiger partial charge in [0.15, 0.2) is 5.16 Å². The predicted molar refractivity (Wildman–Crippen MR) is 170 cm³/mol. The Morgan fingerprint density at radius 2 is 1.48 bits per heavy atom. The number of aromatic amines is 1. The number of carbonyl (C=O) groups excluding carboxylic acids is 1. The quantitative estimate of drug-likeness (QED) is 0.127. The van der Waals surface area contributed by atoms with Gasteiger partial charge in [0.25, 0.3) is 5.56 Å². The van der Waals surface area contributed by atoms with E-state index in [9.17, 15) is 14.0 Å². The third kappa shape index (κ3) is 8.91. The minimum absolute atomic E-state index is 0.0921. The van der Waals surface area contributed by atoms with Gasteiger partial charge in [0.1, 0.15) is 10.8 Å². The van der Waals surface area contributed by atoms with Gasteiger partial charge in [-0.05, 0) is 59.6 Å². The van der Waals surface area contributed by atoms with Gasteiger partial charge >= 0.3 is 0 Å². The topological polar surface area (TPSA) is 69.3 Å². The van der Waals surface area contributed by atoms with E-state index in [1.165, 1.54) is 23.9 Å². The molecule has 0 atom stereocenters. The Hall–Kier alpha value is -3.17. The molecule has 0 unspecified atom stereocenters. The van der Waals surface area contributed by atoms with Crippen LogP contribution in [0.15, 0.2) is 82.7 Å². The van der Waals surface area contributed by atoms with Gasteiger partial charge in [-0.1, -0.05) is 97.3 Å². The largest absolute Gasteiger partial charge is 0.337 e. The molecule has 0 aliphatic heterocycles. The fraction of sp³-hybridized carbons (Fsp3) is 0.281. The molecule has 6 nitrogen and oxygen atoms in total. The lowest BCUT2D eigenvalue weighted by molar-refractivity contribution is -0.131. The highest BCUT2D eigenvalue weighted by Crippen LogP contribution is 2.24. The van der Waals surface area contributed by atoms with Crippen LogP contribution < -0.4 is 5.56 Å². The number of hydrogen-bond donors (Lipinski definition) is 1. The number of nitrogens with zero attached hydrogens (tertiary/aromatic N) is 3. The van der Waals surface area contributed by atoms with Gasteiger partial charge in [0, 0.05) is 30.4 Å². The normalized spacial score (nSPS) is 11.2. The molecule has 0 aliphatic rings. The summed E-state index contributed by atoms with van der Waals surface area (Å²) in [4.78, 5) is 37.5. The van der Waals surface area contributed by atoms with E-state index in [2.05, 4.69) is 28.7 Å². The highest BCUT2D eigenvalue weighted by molar-refractivity contribution is 7.98. The van der Waals surface area contributed by atoms with Crippen LogP contribution in [0, 0.1) is 5.82 Å². The van der Waals surface area contributed by atoms with Gasteiger partial charge in [0.05, 0.1) is 12.1 Å². The lowest BCUT2D eigenvalue weighted by Gasteiger charge is -2.27. The second-order valence-electron chi connectivity index (χ2n) is 9.77. The number of likely N-dealkylation sites (N-methyl/N-ethyl adjacent to an activating group) is 1. The maximum atomic E-state index is 13.7. The smallest absolute Gasteiger partial charge is 0.270 e. The van der Waals surface area contributed by atoms with E-state index in [0.717, 1.165) is 41.9 Å². The molecule has 3 aromatic carbocycles. The van der Waals surface area contributed by atoms with Gasteiger partial charge in [-0.2, -0.15) is 0 Å². The molecule has 0 radical (unpaired) electrons. The monoisotopic (exact) mass is 626 g/mol. The summed E-state index contributed by atoms with van der Waals surface area (Å²) in [5.41, 5.74) is 3.72. The van der Waals surface area contributed by atoms with Crippen LogP contribution in [0.3, 0.4) is 0 Å². The molecular weight excluding hydrogens is 594 g/mol. The number of rotatable bonds is 13. The average molecular weight is 628 g/mol. The molecule has 0 saturated carbocycles. The van der Waals surface area contributed by atoms with Crippen molar-refractivity contribution in [3.63, 3.8) is 0 Å². The second kappa shape index (κ2) is 15.3. The summed E-state index contributed by atoms with van der Waals surface area (Å²) in [6, 6.07) is 21.9. The fourth-order valence-corrected chi connectivity index (χ4v) is 5.53. The summed E-state index contributed by atoms with van der Waals surface area (Å²) in [5, 5.41) is 0.945. The lowest BCUT2D eigenvalue weighted by atomic mass is 10.0. The molecule has 220 valence electrons. The van der Waals surface area contributed by atoms with Crippen molar-refractivity contribution in [3.8, 4) is 11.1 Å². The summed E-state index contributed by atoms with van der Waals surface area (Å²) in [6.07, 6.45) is -0.103. The van der Waals surface area contributed by atoms with E-state index in [1.54, 1.807) is 17.0 Å². The predicted octanol–water partition coefficient (Wildman–Crippen LogP) is 7.09. The first-order chi connectivity index (χ1) is 20.2. The van der Waals surface area contributed by atoms with Crippen molar-refractivity contribution in [2.24, 2.45) is 0 Å². The number of benzene rings is 3. The highest BCUT2D eigenvalue weighted by Gasteiger charge is 2.20. The van der Waals surface area contributed by atoms with E-state index in [0.29, 0.717) is 29.0 Å². The summed E-state index contributed by atoms with van der Waals surface area (Å²) >= 11 is 13.6. The molecule has 0 saturated heterocycles. The Labute approximate surface area is 259 Å². The van der Waals surface area contributed by atoms with Crippen molar-refractivity contribution in [1.82, 2.24) is 19.8 Å². The SMILES string of the molecule is CCN(CC)CCN(Cc1ccc(-c2ccc(Cl)cc2)cc1)C(=O)Cc1nc(SCc2ccc(F)cc2)[nH]c(=O)c1Cl. The summed E-state index contributed by atoms with van der Waals surface area (Å²) in [5.74, 6) is -0.00990. The fourth-order valence-electron chi connectivity index (χ4n) is 4.41. The number of halogens is 3. The van der Waals surface area contributed by atoms with E-state index < -0.39 is 5.56 Å². The molecule has 0 aliphatic carbocycles. The minimum atomic E-state index is -0.497. The standard InChI is InChI=1S/C32H33Cl2FN4O2S/c1-3-38(4-2)17-18-39(20-22-5-9-24(10-6-22)25-11-13-26(33)14-12-25)29(40)19-28-30(34)31(41)37-32(36-28)42-21-23-7-15-27(35)16-8-23/h5-16H,3-4,17-21H2,1-2H3,(H,36,37,41). The third-order valence-electron chi connectivity index (χ3n) is 6.96. The highest BCUT2D eigenvalue weighted by atomic mass is 35.5. The number of H-pyrrole nitrogens is 1. The van der Waals surface area contributed by atoms with Gasteiger partial charge in [-0.15, -0.1) is 0 Å². The van der Waals surface area contributed by atoms with Gasteiger partial charge in [0.2, 0.25) is 5.91 Å². The molecular formula is C32H33Cl2FN4O2S. The third-order valence-corrected chi connectivity index (χ3v) is 8.54. The zero-order chi connectivity index (χ0) is 30.1. The van der Waals surface area contributed by atoms with Crippen molar-refractivity contribution in [2.75, 3.05) is 26.2 Å². The van der Waals surface area contributed by atoms with Crippen LogP contribution in [-0.2, 0) is 23.5 Å². The minimum Gasteiger partial charge on any atom is -0.337 e. The molecule has 10 heteroatoms. The molecule has 1 amide bonds. The van der Waals surface area contributed by atoms with Crippen LogP contribution in [-0.4, -0.2) is 51.9 Å². The van der Waals surface area contributed by atoms with E-state index in [1.807, 2.05) is 48.5 Å². The van der Waals surface area contributed by atoms with Gasteiger partial charge in [-0.3, -0.25) is 9.59 Å². The molecule has 0 bridgehead atoms. The molecule has 42 heavy (non-hydrogen) atoms. The molecule has 1 aromatic heterocycles. The van der Waals surface area contributed by atoms with Crippen molar-refractivity contribution in [1.29, 1.82) is 0 Å². The Morgan fingerprint density at radius 3 is 2.10 bits per heavy atom. The van der Waals surface area contributed by atoms with E-state index >= 15 is 0 Å². The van der Waals surface area contributed by atoms with Gasteiger partial charge < -0.3 is 14.8 Å². The van der Waals surface area contributed by atoms with Crippen LogP contribution in [0.2, 0.25) is 10.0 Å². The molecule has 1 N–H and O–H groups in total. The number of aromatic nitrogens is 2. The van der Waals surface area contributed by atoms with Crippen molar-refractivity contribution >= 4 is 40.9 Å². The van der Waals surface area contributed by atoms with Crippen LogP contribution in [0.25, 0.3) is 11.1 Å². The number of hydrogen-bond acceptors (Lipinski definition) is 5. The Kier molecular flexibility index (Phi) is 11.6. The Bertz CT molecular complexity index is 1530. The summed E-state index contributed by atoms with van der Waals surface area (Å²) in [6.45, 7) is 7.60. The van der Waals surface area contributed by atoms with Crippen LogP contribution in [0.5, 0.6) is 0 Å². The molecule has 0 spiro atoms. The van der Waals surface area contributed by atoms with E-state index in [4.69, 9.17) is 23.2 Å². The molecule has 4 aromatic rings. The Balaban J connectivity index is 1.50. The van der Waals surface area contributed by atoms with Crippen molar-refractivity contribution in [3.05, 3.63) is 116 Å².